The number of hydrogen-bond donors (Lipinski definition) is 4. The molecule has 324 valence electrons. The normalized spacial score (nSPS) is 11.4. The minimum absolute atomic E-state index is 0.0465. The number of amides is 2. The highest BCUT2D eigenvalue weighted by molar-refractivity contribution is 6.14. The summed E-state index contributed by atoms with van der Waals surface area (Å²) in [6.45, 7) is -0.498. The second-order valence-electron chi connectivity index (χ2n) is 13.7. The number of anilines is 2. The van der Waals surface area contributed by atoms with E-state index in [9.17, 15) is 46.1 Å². The van der Waals surface area contributed by atoms with Crippen LogP contribution in [0.3, 0.4) is 0 Å². The molecule has 0 spiro atoms. The van der Waals surface area contributed by atoms with Gasteiger partial charge in [0.25, 0.3) is 11.8 Å². The Morgan fingerprint density at radius 1 is 0.500 bits per heavy atom. The molecule has 6 aromatic carbocycles. The van der Waals surface area contributed by atoms with Gasteiger partial charge in [-0.1, -0.05) is 36.4 Å². The lowest BCUT2D eigenvalue weighted by molar-refractivity contribution is -0.138. The molecule has 4 N–H and O–H groups in total. The fraction of sp³-hybridized carbons (Fsp3) is 0.0870. The number of carbonyl (C=O) groups excluding carboxylic acids is 2. The molecular weight excluding hydrogens is 847 g/mol. The molecular formula is C46H32F6N6O6. The number of alkyl halides is 6. The van der Waals surface area contributed by atoms with Crippen molar-refractivity contribution in [2.45, 2.75) is 25.6 Å². The van der Waals surface area contributed by atoms with Gasteiger partial charge in [0.1, 0.15) is 24.2 Å². The quantitative estimate of drug-likeness (QED) is 0.0970. The largest absolute Gasteiger partial charge is 0.439 e. The minimum Gasteiger partial charge on any atom is -0.439 e. The molecule has 0 fully saturated rings. The third-order valence-corrected chi connectivity index (χ3v) is 9.25. The summed E-state index contributed by atoms with van der Waals surface area (Å²) < 4.78 is 89.0. The molecule has 0 saturated carbocycles. The Kier molecular flexibility index (Phi) is 13.1. The van der Waals surface area contributed by atoms with Gasteiger partial charge in [-0.05, 0) is 106 Å². The zero-order valence-corrected chi connectivity index (χ0v) is 32.9. The van der Waals surface area contributed by atoms with Crippen LogP contribution in [0.4, 0.5) is 37.7 Å². The second-order valence-corrected chi connectivity index (χ2v) is 13.7. The van der Waals surface area contributed by atoms with Crippen molar-refractivity contribution >= 4 is 44.7 Å². The van der Waals surface area contributed by atoms with E-state index >= 15 is 0 Å². The molecule has 8 aromatic rings. The third-order valence-electron chi connectivity index (χ3n) is 9.25. The molecule has 0 unspecified atom stereocenters. The smallest absolute Gasteiger partial charge is 0.416 e. The highest BCUT2D eigenvalue weighted by atomic mass is 19.4. The predicted molar refractivity (Wildman–Crippen MR) is 223 cm³/mol. The zero-order chi connectivity index (χ0) is 45.4. The van der Waals surface area contributed by atoms with Gasteiger partial charge in [0.2, 0.25) is 11.8 Å². The molecule has 2 amide bonds. The van der Waals surface area contributed by atoms with E-state index in [-0.39, 0.29) is 36.3 Å². The van der Waals surface area contributed by atoms with Crippen molar-refractivity contribution in [3.63, 3.8) is 0 Å². The van der Waals surface area contributed by atoms with Gasteiger partial charge in [0, 0.05) is 34.6 Å². The minimum atomic E-state index is -4.50. The molecule has 8 rings (SSSR count). The first-order valence-corrected chi connectivity index (χ1v) is 18.9. The van der Waals surface area contributed by atoms with Gasteiger partial charge < -0.3 is 30.3 Å². The Balaban J connectivity index is 0.000000191. The summed E-state index contributed by atoms with van der Waals surface area (Å²) in [5.41, 5.74) is -0.176. The Labute approximate surface area is 358 Å². The maximum Gasteiger partial charge on any atom is 0.416 e. The third kappa shape index (κ3) is 10.9. The molecule has 0 aliphatic carbocycles. The number of nitrogens with zero attached hydrogens (tertiary/aromatic N) is 4. The number of fused-ring (bicyclic) bond motifs is 2. The van der Waals surface area contributed by atoms with E-state index in [1.54, 1.807) is 72.8 Å². The number of rotatable bonds is 10. The van der Waals surface area contributed by atoms with Gasteiger partial charge in [-0.2, -0.15) is 26.3 Å². The fourth-order valence-corrected chi connectivity index (χ4v) is 6.27. The van der Waals surface area contributed by atoms with Crippen LogP contribution in [0, 0.1) is 0 Å². The number of halogens is 6. The van der Waals surface area contributed by atoms with Gasteiger partial charge in [-0.15, -0.1) is 0 Å². The van der Waals surface area contributed by atoms with Crippen LogP contribution in [-0.2, 0) is 25.6 Å². The van der Waals surface area contributed by atoms with E-state index in [1.807, 2.05) is 0 Å². The molecule has 0 aliphatic rings. The van der Waals surface area contributed by atoms with Gasteiger partial charge in [-0.25, -0.2) is 19.9 Å². The highest BCUT2D eigenvalue weighted by Gasteiger charge is 2.31. The molecule has 0 bridgehead atoms. The van der Waals surface area contributed by atoms with Gasteiger partial charge in [-0.3, -0.25) is 9.59 Å². The molecule has 12 nitrogen and oxygen atoms in total. The van der Waals surface area contributed by atoms with Crippen LogP contribution in [0.5, 0.6) is 23.3 Å². The van der Waals surface area contributed by atoms with E-state index in [1.165, 1.54) is 49.1 Å². The monoisotopic (exact) mass is 878 g/mol. The van der Waals surface area contributed by atoms with Crippen LogP contribution in [0.1, 0.15) is 43.2 Å². The number of benzene rings is 6. The zero-order valence-electron chi connectivity index (χ0n) is 32.9. The Morgan fingerprint density at radius 2 is 0.906 bits per heavy atom. The van der Waals surface area contributed by atoms with E-state index < -0.39 is 35.3 Å². The Hall–Kier alpha value is -7.96. The molecule has 0 aliphatic heterocycles. The van der Waals surface area contributed by atoms with Gasteiger partial charge >= 0.3 is 12.4 Å². The van der Waals surface area contributed by atoms with E-state index in [0.717, 1.165) is 24.3 Å². The number of ether oxygens (including phenoxy) is 2. The van der Waals surface area contributed by atoms with Crippen molar-refractivity contribution in [1.29, 1.82) is 0 Å². The maximum atomic E-state index is 12.9. The summed E-state index contributed by atoms with van der Waals surface area (Å²) in [6.07, 6.45) is -6.45. The standard InChI is InChI=1S/2C23H16F3N3O3/c2*24-23(25,26)15-4-2-5-16(10-15)29-22(31)20-6-1-3-14-9-18(7-8-19(14)20)32-21-11-17(12-30)27-13-28-21/h2*1-11,13,30H,12H2,(H,29,31). The predicted octanol–water partition coefficient (Wildman–Crippen LogP) is 10.4. The number of aliphatic hydroxyl groups excluding tert-OH is 2. The van der Waals surface area contributed by atoms with E-state index in [2.05, 4.69) is 30.6 Å². The lowest BCUT2D eigenvalue weighted by Crippen LogP contribution is -2.13. The average molecular weight is 879 g/mol. The lowest BCUT2D eigenvalue weighted by Gasteiger charge is -2.12. The average Bonchev–Trinajstić information content (AvgIpc) is 3.28. The van der Waals surface area contributed by atoms with Crippen molar-refractivity contribution in [1.82, 2.24) is 19.9 Å². The summed E-state index contributed by atoms with van der Waals surface area (Å²) in [7, 11) is 0. The molecule has 18 heteroatoms. The van der Waals surface area contributed by atoms with Crippen LogP contribution < -0.4 is 20.1 Å². The first-order chi connectivity index (χ1) is 30.7. The summed E-state index contributed by atoms with van der Waals surface area (Å²) in [5.74, 6) is 0.341. The van der Waals surface area contributed by atoms with E-state index in [0.29, 0.717) is 55.6 Å². The van der Waals surface area contributed by atoms with Crippen LogP contribution in [0.2, 0.25) is 0 Å². The number of nitrogens with one attached hydrogen (secondary N) is 2. The summed E-state index contributed by atoms with van der Waals surface area (Å²) >= 11 is 0. The van der Waals surface area contributed by atoms with E-state index in [4.69, 9.17) is 9.47 Å². The first-order valence-electron chi connectivity index (χ1n) is 18.9. The van der Waals surface area contributed by atoms with Crippen LogP contribution in [0.25, 0.3) is 21.5 Å². The van der Waals surface area contributed by atoms with Gasteiger partial charge in [0.05, 0.1) is 35.7 Å². The van der Waals surface area contributed by atoms with Crippen LogP contribution in [0.15, 0.2) is 146 Å². The fourth-order valence-electron chi connectivity index (χ4n) is 6.27. The maximum absolute atomic E-state index is 12.9. The molecule has 0 saturated heterocycles. The van der Waals surface area contributed by atoms with Crippen molar-refractivity contribution in [3.05, 3.63) is 180 Å². The summed E-state index contributed by atoms with van der Waals surface area (Å²) in [6, 6.07) is 32.1. The van der Waals surface area contributed by atoms with Crippen molar-refractivity contribution < 1.29 is 55.6 Å². The molecule has 2 heterocycles. The molecule has 64 heavy (non-hydrogen) atoms. The first kappa shape index (κ1) is 44.1. The number of hydrogen-bond acceptors (Lipinski definition) is 10. The topological polar surface area (TPSA) is 169 Å². The SMILES string of the molecule is O=C(Nc1cccc(C(F)(F)F)c1)c1cccc2cc(Oc3cc(CO)ncn3)ccc12.O=C(Nc1cccc(C(F)(F)F)c1)c1cccc2cc(Oc3cc(CO)ncn3)ccc12. The number of carbonyl (C=O) groups is 2. The molecule has 0 radical (unpaired) electrons. The van der Waals surface area contributed by atoms with Crippen molar-refractivity contribution in [3.8, 4) is 23.3 Å². The summed E-state index contributed by atoms with van der Waals surface area (Å²) in [4.78, 5) is 41.3. The molecule has 0 atom stereocenters. The Morgan fingerprint density at radius 3 is 1.30 bits per heavy atom. The van der Waals surface area contributed by atoms with Crippen LogP contribution >= 0.6 is 0 Å². The molecule has 2 aromatic heterocycles. The van der Waals surface area contributed by atoms with Crippen molar-refractivity contribution in [2.75, 3.05) is 10.6 Å². The van der Waals surface area contributed by atoms with Gasteiger partial charge in [0.15, 0.2) is 0 Å². The second kappa shape index (κ2) is 19.0. The van der Waals surface area contributed by atoms with Crippen molar-refractivity contribution in [2.24, 2.45) is 0 Å². The van der Waals surface area contributed by atoms with Crippen LogP contribution in [-0.4, -0.2) is 42.0 Å². The lowest BCUT2D eigenvalue weighted by atomic mass is 10.0. The number of aromatic nitrogens is 4. The number of aliphatic hydroxyl groups is 2. The summed E-state index contributed by atoms with van der Waals surface area (Å²) in [5, 5.41) is 26.0. The highest BCUT2D eigenvalue weighted by Crippen LogP contribution is 2.33. The Bertz CT molecular complexity index is 2780.